The summed E-state index contributed by atoms with van der Waals surface area (Å²) >= 11 is 0. The molecule has 0 spiro atoms. The van der Waals surface area contributed by atoms with E-state index >= 15 is 0 Å². The normalized spacial score (nSPS) is 19.4. The van der Waals surface area contributed by atoms with Crippen LogP contribution in [-0.2, 0) is 9.47 Å². The average molecular weight is 285 g/mol. The Hall–Kier alpha value is -0.810. The Kier molecular flexibility index (Phi) is 10.3. The summed E-state index contributed by atoms with van der Waals surface area (Å²) in [5.41, 5.74) is 5.78. The highest BCUT2D eigenvalue weighted by atomic mass is 16.5. The second kappa shape index (κ2) is 12.0. The van der Waals surface area contributed by atoms with Crippen molar-refractivity contribution in [1.82, 2.24) is 5.32 Å². The Morgan fingerprint density at radius 1 is 1.35 bits per heavy atom. The molecule has 1 aliphatic rings. The van der Waals surface area contributed by atoms with Crippen molar-refractivity contribution in [2.75, 3.05) is 39.5 Å². The first-order valence-corrected chi connectivity index (χ1v) is 8.02. The molecule has 0 aromatic rings. The lowest BCUT2D eigenvalue weighted by Crippen LogP contribution is -2.32. The van der Waals surface area contributed by atoms with E-state index in [4.69, 9.17) is 15.2 Å². The first-order chi connectivity index (χ1) is 9.83. The molecule has 1 unspecified atom stereocenters. The molecule has 0 bridgehead atoms. The van der Waals surface area contributed by atoms with Crippen LogP contribution in [0.5, 0.6) is 0 Å². The van der Waals surface area contributed by atoms with Crippen LogP contribution in [-0.4, -0.2) is 45.5 Å². The molecule has 0 aromatic heterocycles. The molecule has 1 heterocycles. The number of aliphatic imine (C=N–C) groups is 1. The van der Waals surface area contributed by atoms with Crippen molar-refractivity contribution in [3.63, 3.8) is 0 Å². The minimum atomic E-state index is 0.561. The number of unbranched alkanes of at least 4 members (excludes halogenated alkanes) is 3. The summed E-state index contributed by atoms with van der Waals surface area (Å²) in [4.78, 5) is 4.29. The first-order valence-electron chi connectivity index (χ1n) is 8.02. The zero-order valence-electron chi connectivity index (χ0n) is 12.9. The molecular formula is C15H31N3O2. The van der Waals surface area contributed by atoms with Gasteiger partial charge in [0.2, 0.25) is 0 Å². The molecule has 5 nitrogen and oxygen atoms in total. The Morgan fingerprint density at radius 2 is 2.25 bits per heavy atom. The summed E-state index contributed by atoms with van der Waals surface area (Å²) in [6.45, 7) is 7.18. The number of rotatable bonds is 11. The highest BCUT2D eigenvalue weighted by Gasteiger charge is 2.14. The largest absolute Gasteiger partial charge is 0.381 e. The predicted octanol–water partition coefficient (Wildman–Crippen LogP) is 1.91. The van der Waals surface area contributed by atoms with Gasteiger partial charge in [-0.25, -0.2) is 0 Å². The number of guanidine groups is 1. The van der Waals surface area contributed by atoms with E-state index in [9.17, 15) is 0 Å². The van der Waals surface area contributed by atoms with E-state index in [2.05, 4.69) is 17.2 Å². The molecule has 0 aliphatic carbocycles. The maximum absolute atomic E-state index is 5.78. The summed E-state index contributed by atoms with van der Waals surface area (Å²) in [7, 11) is 0. The van der Waals surface area contributed by atoms with E-state index in [0.717, 1.165) is 58.8 Å². The fourth-order valence-electron chi connectivity index (χ4n) is 2.16. The minimum Gasteiger partial charge on any atom is -0.381 e. The summed E-state index contributed by atoms with van der Waals surface area (Å²) < 4.78 is 10.9. The minimum absolute atomic E-state index is 0.561. The Labute approximate surface area is 123 Å². The SMILES string of the molecule is CCCCCCNC(N)=NCCCOCC1CCOC1. The lowest BCUT2D eigenvalue weighted by atomic mass is 10.1. The van der Waals surface area contributed by atoms with Crippen LogP contribution < -0.4 is 11.1 Å². The fourth-order valence-corrected chi connectivity index (χ4v) is 2.16. The molecule has 118 valence electrons. The van der Waals surface area contributed by atoms with Crippen LogP contribution in [0, 0.1) is 5.92 Å². The van der Waals surface area contributed by atoms with Crippen LogP contribution in [0.1, 0.15) is 45.4 Å². The molecule has 20 heavy (non-hydrogen) atoms. The van der Waals surface area contributed by atoms with E-state index in [1.165, 1.54) is 19.3 Å². The van der Waals surface area contributed by atoms with Crippen molar-refractivity contribution < 1.29 is 9.47 Å². The maximum atomic E-state index is 5.78. The smallest absolute Gasteiger partial charge is 0.188 e. The van der Waals surface area contributed by atoms with Gasteiger partial charge in [0, 0.05) is 32.2 Å². The van der Waals surface area contributed by atoms with Crippen molar-refractivity contribution in [3.05, 3.63) is 0 Å². The van der Waals surface area contributed by atoms with Crippen LogP contribution in [0.3, 0.4) is 0 Å². The van der Waals surface area contributed by atoms with Crippen LogP contribution in [0.15, 0.2) is 4.99 Å². The van der Waals surface area contributed by atoms with Crippen molar-refractivity contribution >= 4 is 5.96 Å². The van der Waals surface area contributed by atoms with Gasteiger partial charge in [-0.05, 0) is 19.3 Å². The molecule has 0 saturated carbocycles. The zero-order chi connectivity index (χ0) is 14.5. The molecule has 1 rings (SSSR count). The number of ether oxygens (including phenoxy) is 2. The van der Waals surface area contributed by atoms with Crippen molar-refractivity contribution in [2.45, 2.75) is 45.4 Å². The van der Waals surface area contributed by atoms with Crippen LogP contribution in [0.2, 0.25) is 0 Å². The molecule has 3 N–H and O–H groups in total. The third kappa shape index (κ3) is 9.15. The van der Waals surface area contributed by atoms with Crippen molar-refractivity contribution in [2.24, 2.45) is 16.6 Å². The second-order valence-corrected chi connectivity index (χ2v) is 5.41. The molecule has 0 aromatic carbocycles. The summed E-state index contributed by atoms with van der Waals surface area (Å²) in [5.74, 6) is 1.15. The fraction of sp³-hybridized carbons (Fsp3) is 0.933. The molecule has 0 radical (unpaired) electrons. The molecule has 1 saturated heterocycles. The summed E-state index contributed by atoms with van der Waals surface area (Å²) in [6, 6.07) is 0. The van der Waals surface area contributed by atoms with Gasteiger partial charge >= 0.3 is 0 Å². The molecule has 1 fully saturated rings. The van der Waals surface area contributed by atoms with E-state index in [-0.39, 0.29) is 0 Å². The predicted molar refractivity (Wildman–Crippen MR) is 83.0 cm³/mol. The molecule has 1 aliphatic heterocycles. The molecule has 5 heteroatoms. The highest BCUT2D eigenvalue weighted by Crippen LogP contribution is 2.12. The Balaban J connectivity index is 1.86. The van der Waals surface area contributed by atoms with E-state index in [1.807, 2.05) is 0 Å². The highest BCUT2D eigenvalue weighted by molar-refractivity contribution is 5.77. The molecule has 1 atom stereocenters. The third-order valence-electron chi connectivity index (χ3n) is 3.44. The topological polar surface area (TPSA) is 68.9 Å². The Bertz CT molecular complexity index is 254. The van der Waals surface area contributed by atoms with Crippen molar-refractivity contribution in [3.8, 4) is 0 Å². The number of nitrogens with zero attached hydrogens (tertiary/aromatic N) is 1. The number of hydrogen-bond acceptors (Lipinski definition) is 3. The van der Waals surface area contributed by atoms with Gasteiger partial charge < -0.3 is 20.5 Å². The monoisotopic (exact) mass is 285 g/mol. The Morgan fingerprint density at radius 3 is 3.00 bits per heavy atom. The molecular weight excluding hydrogens is 254 g/mol. The van der Waals surface area contributed by atoms with E-state index < -0.39 is 0 Å². The van der Waals surface area contributed by atoms with Crippen LogP contribution in [0.4, 0.5) is 0 Å². The van der Waals surface area contributed by atoms with Crippen LogP contribution in [0.25, 0.3) is 0 Å². The number of nitrogens with one attached hydrogen (secondary N) is 1. The lowest BCUT2D eigenvalue weighted by molar-refractivity contribution is 0.0893. The summed E-state index contributed by atoms with van der Waals surface area (Å²) in [6.07, 6.45) is 7.03. The number of nitrogens with two attached hydrogens (primary N) is 1. The van der Waals surface area contributed by atoms with Gasteiger partial charge in [-0.1, -0.05) is 26.2 Å². The summed E-state index contributed by atoms with van der Waals surface area (Å²) in [5, 5.41) is 3.15. The van der Waals surface area contributed by atoms with Gasteiger partial charge in [-0.3, -0.25) is 4.99 Å². The van der Waals surface area contributed by atoms with Crippen LogP contribution >= 0.6 is 0 Å². The number of hydrogen-bond donors (Lipinski definition) is 2. The van der Waals surface area contributed by atoms with Gasteiger partial charge in [0.1, 0.15) is 0 Å². The first kappa shape index (κ1) is 17.2. The van der Waals surface area contributed by atoms with Gasteiger partial charge in [0.05, 0.1) is 13.2 Å². The van der Waals surface area contributed by atoms with Gasteiger partial charge in [0.25, 0.3) is 0 Å². The van der Waals surface area contributed by atoms with Gasteiger partial charge in [-0.2, -0.15) is 0 Å². The quantitative estimate of drug-likeness (QED) is 0.346. The standard InChI is InChI=1S/C15H31N3O2/c1-2-3-4-5-8-17-15(16)18-9-6-10-19-12-14-7-11-20-13-14/h14H,2-13H2,1H3,(H3,16,17,18). The molecule has 0 amide bonds. The lowest BCUT2D eigenvalue weighted by Gasteiger charge is -2.08. The zero-order valence-corrected chi connectivity index (χ0v) is 12.9. The average Bonchev–Trinajstić information content (AvgIpc) is 2.95. The van der Waals surface area contributed by atoms with E-state index in [1.54, 1.807) is 0 Å². The van der Waals surface area contributed by atoms with Crippen molar-refractivity contribution in [1.29, 1.82) is 0 Å². The third-order valence-corrected chi connectivity index (χ3v) is 3.44. The second-order valence-electron chi connectivity index (χ2n) is 5.41. The maximum Gasteiger partial charge on any atom is 0.188 e. The van der Waals surface area contributed by atoms with Gasteiger partial charge in [-0.15, -0.1) is 0 Å². The van der Waals surface area contributed by atoms with Gasteiger partial charge in [0.15, 0.2) is 5.96 Å². The van der Waals surface area contributed by atoms with E-state index in [0.29, 0.717) is 11.9 Å².